The van der Waals surface area contributed by atoms with Crippen molar-refractivity contribution in [2.24, 2.45) is 5.92 Å². The van der Waals surface area contributed by atoms with Crippen molar-refractivity contribution in [1.82, 2.24) is 0 Å². The van der Waals surface area contributed by atoms with Crippen LogP contribution < -0.4 is 4.90 Å². The molecule has 16 heavy (non-hydrogen) atoms. The van der Waals surface area contributed by atoms with E-state index < -0.39 is 5.97 Å². The number of carbonyl (C=O) groups is 1. The number of aliphatic carboxylic acids is 1. The van der Waals surface area contributed by atoms with E-state index in [1.165, 1.54) is 0 Å². The van der Waals surface area contributed by atoms with Gasteiger partial charge in [0, 0.05) is 24.3 Å². The van der Waals surface area contributed by atoms with Crippen LogP contribution in [-0.4, -0.2) is 25.2 Å². The van der Waals surface area contributed by atoms with Gasteiger partial charge in [-0.1, -0.05) is 28.9 Å². The Labute approximate surface area is 104 Å². The Morgan fingerprint density at radius 2 is 2.12 bits per heavy atom. The second-order valence-corrected chi connectivity index (χ2v) is 4.93. The van der Waals surface area contributed by atoms with Gasteiger partial charge >= 0.3 is 5.97 Å². The van der Waals surface area contributed by atoms with Crippen molar-refractivity contribution in [1.29, 1.82) is 0 Å². The largest absolute Gasteiger partial charge is 0.481 e. The van der Waals surface area contributed by atoms with E-state index in [0.29, 0.717) is 6.42 Å². The van der Waals surface area contributed by atoms with E-state index in [0.717, 1.165) is 15.7 Å². The lowest BCUT2D eigenvalue weighted by atomic mass is 9.99. The Kier molecular flexibility index (Phi) is 4.35. The molecule has 0 fully saturated rings. The van der Waals surface area contributed by atoms with Crippen molar-refractivity contribution in [3.63, 3.8) is 0 Å². The maximum absolute atomic E-state index is 10.9. The number of carboxylic acid groups (broad SMARTS) is 1. The normalized spacial score (nSPS) is 12.2. The van der Waals surface area contributed by atoms with Gasteiger partial charge in [0.25, 0.3) is 0 Å². The lowest BCUT2D eigenvalue weighted by Gasteiger charge is -2.19. The minimum Gasteiger partial charge on any atom is -0.481 e. The molecule has 0 radical (unpaired) electrons. The zero-order chi connectivity index (χ0) is 12.3. The molecule has 4 heteroatoms. The molecule has 0 spiro atoms. The topological polar surface area (TPSA) is 40.5 Å². The van der Waals surface area contributed by atoms with Crippen molar-refractivity contribution >= 4 is 27.6 Å². The predicted octanol–water partition coefficient (Wildman–Crippen LogP) is 2.78. The summed E-state index contributed by atoms with van der Waals surface area (Å²) in [6, 6.07) is 5.89. The first-order valence-corrected chi connectivity index (χ1v) is 5.90. The summed E-state index contributed by atoms with van der Waals surface area (Å²) in [7, 11) is 3.91. The van der Waals surface area contributed by atoms with Crippen molar-refractivity contribution in [2.45, 2.75) is 13.3 Å². The van der Waals surface area contributed by atoms with Crippen molar-refractivity contribution < 1.29 is 9.90 Å². The second kappa shape index (κ2) is 5.34. The molecular weight excluding hydrogens is 270 g/mol. The van der Waals surface area contributed by atoms with Crippen LogP contribution in [0.2, 0.25) is 0 Å². The summed E-state index contributed by atoms with van der Waals surface area (Å²) in [6.07, 6.45) is 0.532. The van der Waals surface area contributed by atoms with Gasteiger partial charge in [-0.15, -0.1) is 0 Å². The number of carboxylic acids is 1. The first kappa shape index (κ1) is 13.0. The maximum Gasteiger partial charge on any atom is 0.306 e. The zero-order valence-corrected chi connectivity index (χ0v) is 11.3. The highest BCUT2D eigenvalue weighted by Crippen LogP contribution is 2.29. The van der Waals surface area contributed by atoms with Crippen LogP contribution in [0.4, 0.5) is 5.69 Å². The van der Waals surface area contributed by atoms with Crippen molar-refractivity contribution in [3.8, 4) is 0 Å². The van der Waals surface area contributed by atoms with Gasteiger partial charge in [-0.25, -0.2) is 0 Å². The molecule has 0 aliphatic heterocycles. The standard InChI is InChI=1S/C12H16BrNO2/c1-8(12(15)16)7-9-10(13)5-4-6-11(9)14(2)3/h4-6,8H,7H2,1-3H3,(H,15,16). The maximum atomic E-state index is 10.9. The molecule has 1 unspecified atom stereocenters. The molecule has 1 rings (SSSR count). The van der Waals surface area contributed by atoms with Crippen molar-refractivity contribution in [3.05, 3.63) is 28.2 Å². The summed E-state index contributed by atoms with van der Waals surface area (Å²) in [6.45, 7) is 1.72. The monoisotopic (exact) mass is 285 g/mol. The van der Waals surface area contributed by atoms with E-state index in [1.807, 2.05) is 37.2 Å². The third kappa shape index (κ3) is 2.98. The van der Waals surface area contributed by atoms with E-state index in [2.05, 4.69) is 15.9 Å². The lowest BCUT2D eigenvalue weighted by molar-refractivity contribution is -0.141. The number of benzene rings is 1. The smallest absolute Gasteiger partial charge is 0.306 e. The molecule has 0 heterocycles. The van der Waals surface area contributed by atoms with Gasteiger partial charge < -0.3 is 10.0 Å². The van der Waals surface area contributed by atoms with Crippen LogP contribution in [-0.2, 0) is 11.2 Å². The fourth-order valence-electron chi connectivity index (χ4n) is 1.56. The minimum atomic E-state index is -0.763. The van der Waals surface area contributed by atoms with Gasteiger partial charge in [0.1, 0.15) is 0 Å². The molecule has 1 aromatic rings. The van der Waals surface area contributed by atoms with Crippen LogP contribution in [0.3, 0.4) is 0 Å². The fourth-order valence-corrected chi connectivity index (χ4v) is 2.08. The molecule has 0 aliphatic carbocycles. The first-order valence-electron chi connectivity index (χ1n) is 5.11. The second-order valence-electron chi connectivity index (χ2n) is 4.08. The van der Waals surface area contributed by atoms with Crippen LogP contribution in [0.15, 0.2) is 22.7 Å². The van der Waals surface area contributed by atoms with Gasteiger partial charge in [0.05, 0.1) is 5.92 Å². The third-order valence-corrected chi connectivity index (χ3v) is 3.25. The van der Waals surface area contributed by atoms with Crippen LogP contribution in [0.25, 0.3) is 0 Å². The average Bonchev–Trinajstić information content (AvgIpc) is 2.20. The highest BCUT2D eigenvalue weighted by molar-refractivity contribution is 9.10. The lowest BCUT2D eigenvalue weighted by Crippen LogP contribution is -2.17. The summed E-state index contributed by atoms with van der Waals surface area (Å²) >= 11 is 3.47. The van der Waals surface area contributed by atoms with Crippen LogP contribution in [0.1, 0.15) is 12.5 Å². The summed E-state index contributed by atoms with van der Waals surface area (Å²) in [5.41, 5.74) is 2.10. The quantitative estimate of drug-likeness (QED) is 0.925. The summed E-state index contributed by atoms with van der Waals surface area (Å²) in [5.74, 6) is -1.14. The fraction of sp³-hybridized carbons (Fsp3) is 0.417. The van der Waals surface area contributed by atoms with Crippen molar-refractivity contribution in [2.75, 3.05) is 19.0 Å². The highest BCUT2D eigenvalue weighted by Gasteiger charge is 2.16. The molecule has 0 saturated heterocycles. The Morgan fingerprint density at radius 1 is 1.50 bits per heavy atom. The molecule has 0 saturated carbocycles. The van der Waals surface area contributed by atoms with E-state index >= 15 is 0 Å². The number of anilines is 1. The van der Waals surface area contributed by atoms with Gasteiger partial charge in [-0.05, 0) is 24.1 Å². The Hall–Kier alpha value is -1.03. The summed E-state index contributed by atoms with van der Waals surface area (Å²) in [4.78, 5) is 12.9. The van der Waals surface area contributed by atoms with Gasteiger partial charge in [0.2, 0.25) is 0 Å². The number of rotatable bonds is 4. The van der Waals surface area contributed by atoms with Gasteiger partial charge in [-0.2, -0.15) is 0 Å². The number of nitrogens with zero attached hydrogens (tertiary/aromatic N) is 1. The van der Waals surface area contributed by atoms with Crippen LogP contribution in [0.5, 0.6) is 0 Å². The molecular formula is C12H16BrNO2. The average molecular weight is 286 g/mol. The third-order valence-electron chi connectivity index (χ3n) is 2.51. The number of hydrogen-bond donors (Lipinski definition) is 1. The Bertz CT molecular complexity index is 391. The summed E-state index contributed by atoms with van der Waals surface area (Å²) < 4.78 is 0.965. The molecule has 0 bridgehead atoms. The van der Waals surface area contributed by atoms with E-state index in [1.54, 1.807) is 6.92 Å². The zero-order valence-electron chi connectivity index (χ0n) is 9.70. The highest BCUT2D eigenvalue weighted by atomic mass is 79.9. The molecule has 0 aromatic heterocycles. The van der Waals surface area contributed by atoms with Gasteiger partial charge in [-0.3, -0.25) is 4.79 Å². The summed E-state index contributed by atoms with van der Waals surface area (Å²) in [5, 5.41) is 8.93. The van der Waals surface area contributed by atoms with Crippen LogP contribution >= 0.6 is 15.9 Å². The van der Waals surface area contributed by atoms with Gasteiger partial charge in [0.15, 0.2) is 0 Å². The minimum absolute atomic E-state index is 0.377. The first-order chi connectivity index (χ1) is 7.43. The van der Waals surface area contributed by atoms with E-state index in [4.69, 9.17) is 5.11 Å². The molecule has 1 atom stereocenters. The molecule has 1 N–H and O–H groups in total. The Balaban J connectivity index is 3.06. The molecule has 1 aromatic carbocycles. The number of halogens is 1. The SMILES string of the molecule is CC(Cc1c(Br)cccc1N(C)C)C(=O)O. The van der Waals surface area contributed by atoms with E-state index in [-0.39, 0.29) is 5.92 Å². The molecule has 0 amide bonds. The van der Waals surface area contributed by atoms with E-state index in [9.17, 15) is 4.79 Å². The molecule has 88 valence electrons. The number of hydrogen-bond acceptors (Lipinski definition) is 2. The molecule has 3 nitrogen and oxygen atoms in total. The Morgan fingerprint density at radius 3 is 2.62 bits per heavy atom. The molecule has 0 aliphatic rings. The predicted molar refractivity (Wildman–Crippen MR) is 69.0 cm³/mol. The van der Waals surface area contributed by atoms with Crippen LogP contribution in [0, 0.1) is 5.92 Å².